The molecule has 1 heterocycles. The van der Waals surface area contributed by atoms with Crippen LogP contribution in [0.4, 0.5) is 8.78 Å². The molecule has 3 aromatic carbocycles. The molecule has 6 nitrogen and oxygen atoms in total. The van der Waals surface area contributed by atoms with Crippen LogP contribution >= 0.6 is 0 Å². The summed E-state index contributed by atoms with van der Waals surface area (Å²) in [6.45, 7) is 0.512. The van der Waals surface area contributed by atoms with Gasteiger partial charge >= 0.3 is 0 Å². The lowest BCUT2D eigenvalue weighted by Crippen LogP contribution is -2.35. The van der Waals surface area contributed by atoms with Crippen molar-refractivity contribution in [2.45, 2.75) is 12.5 Å². The molecule has 0 unspecified atom stereocenters. The molecule has 8 heteroatoms. The third-order valence-corrected chi connectivity index (χ3v) is 6.26. The minimum Gasteiger partial charge on any atom is -0.493 e. The van der Waals surface area contributed by atoms with Gasteiger partial charge in [-0.25, -0.2) is 8.78 Å². The van der Waals surface area contributed by atoms with E-state index in [4.69, 9.17) is 9.47 Å². The molecule has 35 heavy (non-hydrogen) atoms. The van der Waals surface area contributed by atoms with Gasteiger partial charge in [0.2, 0.25) is 5.91 Å². The zero-order valence-electron chi connectivity index (χ0n) is 19.5. The number of rotatable bonds is 7. The molecule has 0 aromatic heterocycles. The van der Waals surface area contributed by atoms with E-state index in [0.29, 0.717) is 11.5 Å². The van der Waals surface area contributed by atoms with Crippen molar-refractivity contribution in [2.75, 3.05) is 27.3 Å². The monoisotopic (exact) mass is 480 g/mol. The molecule has 0 aliphatic carbocycles. The van der Waals surface area contributed by atoms with Gasteiger partial charge in [0.15, 0.2) is 11.5 Å². The van der Waals surface area contributed by atoms with E-state index in [-0.39, 0.29) is 36.9 Å². The quantitative estimate of drug-likeness (QED) is 0.552. The van der Waals surface area contributed by atoms with Gasteiger partial charge in [0.25, 0.3) is 5.91 Å². The smallest absolute Gasteiger partial charge is 0.256 e. The lowest BCUT2D eigenvalue weighted by Gasteiger charge is -2.21. The molecule has 0 saturated carbocycles. The van der Waals surface area contributed by atoms with Gasteiger partial charge in [-0.15, -0.1) is 0 Å². The second kappa shape index (κ2) is 10.5. The number of carbonyl (C=O) groups is 2. The van der Waals surface area contributed by atoms with E-state index in [1.807, 2.05) is 6.07 Å². The molecule has 0 bridgehead atoms. The number of carbonyl (C=O) groups excluding carboxylic acids is 2. The van der Waals surface area contributed by atoms with E-state index < -0.39 is 23.6 Å². The summed E-state index contributed by atoms with van der Waals surface area (Å²) >= 11 is 0. The first-order valence-electron chi connectivity index (χ1n) is 11.2. The molecule has 4 rings (SSSR count). The number of hydrogen-bond donors (Lipinski definition) is 1. The Bertz CT molecular complexity index is 1220. The van der Waals surface area contributed by atoms with Crippen LogP contribution in [0.5, 0.6) is 11.5 Å². The molecular formula is C27H26F2N2O4. The Balaban J connectivity index is 1.63. The van der Waals surface area contributed by atoms with E-state index in [2.05, 4.69) is 5.32 Å². The summed E-state index contributed by atoms with van der Waals surface area (Å²) in [5.41, 5.74) is 1.42. The van der Waals surface area contributed by atoms with Crippen molar-refractivity contribution >= 4 is 11.8 Å². The molecular weight excluding hydrogens is 454 g/mol. The van der Waals surface area contributed by atoms with Crippen molar-refractivity contribution in [3.8, 4) is 11.5 Å². The van der Waals surface area contributed by atoms with Gasteiger partial charge in [0.1, 0.15) is 11.6 Å². The van der Waals surface area contributed by atoms with Crippen LogP contribution < -0.4 is 14.8 Å². The minimum atomic E-state index is -0.618. The van der Waals surface area contributed by atoms with Gasteiger partial charge in [0, 0.05) is 31.1 Å². The summed E-state index contributed by atoms with van der Waals surface area (Å²) in [5, 5.41) is 2.89. The van der Waals surface area contributed by atoms with Gasteiger partial charge in [-0.05, 0) is 35.9 Å². The largest absolute Gasteiger partial charge is 0.493 e. The van der Waals surface area contributed by atoms with Crippen LogP contribution in [0.15, 0.2) is 66.7 Å². The number of methoxy groups -OCH3 is 2. The van der Waals surface area contributed by atoms with Crippen LogP contribution in [0.25, 0.3) is 0 Å². The molecule has 2 amide bonds. The molecule has 1 fully saturated rings. The predicted octanol–water partition coefficient (Wildman–Crippen LogP) is 4.15. The topological polar surface area (TPSA) is 67.9 Å². The standard InChI is InChI=1S/C27H26F2N2O4/c1-34-24-9-5-7-19(25(24)35-2)21-15-31(27(33)20-6-3-4-8-23(20)29)16-22(21)26(32)30-14-17-10-12-18(28)13-11-17/h3-13,21-22H,14-16H2,1-2H3,(H,30,32)/t21-,22-/m1/s1. The Morgan fingerprint density at radius 2 is 1.69 bits per heavy atom. The summed E-state index contributed by atoms with van der Waals surface area (Å²) in [4.78, 5) is 28.0. The molecule has 1 aliphatic heterocycles. The van der Waals surface area contributed by atoms with Crippen molar-refractivity contribution in [2.24, 2.45) is 5.92 Å². The van der Waals surface area contributed by atoms with Crippen LogP contribution in [0.1, 0.15) is 27.4 Å². The van der Waals surface area contributed by atoms with Crippen LogP contribution in [-0.4, -0.2) is 44.0 Å². The number of ether oxygens (including phenoxy) is 2. The zero-order chi connectivity index (χ0) is 24.9. The third kappa shape index (κ3) is 5.11. The van der Waals surface area contributed by atoms with E-state index >= 15 is 0 Å². The number of nitrogens with one attached hydrogen (secondary N) is 1. The van der Waals surface area contributed by atoms with Crippen molar-refractivity contribution in [1.82, 2.24) is 10.2 Å². The number of para-hydroxylation sites is 1. The maximum atomic E-state index is 14.3. The molecule has 1 aliphatic rings. The van der Waals surface area contributed by atoms with E-state index in [1.165, 1.54) is 49.5 Å². The number of nitrogens with zero attached hydrogens (tertiary/aromatic N) is 1. The van der Waals surface area contributed by atoms with E-state index in [9.17, 15) is 18.4 Å². The lowest BCUT2D eigenvalue weighted by molar-refractivity contribution is -0.125. The average molecular weight is 481 g/mol. The highest BCUT2D eigenvalue weighted by atomic mass is 19.1. The first kappa shape index (κ1) is 24.2. The average Bonchev–Trinajstić information content (AvgIpc) is 3.33. The second-order valence-corrected chi connectivity index (χ2v) is 8.33. The maximum Gasteiger partial charge on any atom is 0.256 e. The van der Waals surface area contributed by atoms with Gasteiger partial charge in [0.05, 0.1) is 25.7 Å². The molecule has 0 spiro atoms. The zero-order valence-corrected chi connectivity index (χ0v) is 19.5. The second-order valence-electron chi connectivity index (χ2n) is 8.33. The number of benzene rings is 3. The predicted molar refractivity (Wildman–Crippen MR) is 126 cm³/mol. The summed E-state index contributed by atoms with van der Waals surface area (Å²) in [7, 11) is 3.04. The summed E-state index contributed by atoms with van der Waals surface area (Å²) < 4.78 is 38.6. The molecule has 3 aromatic rings. The lowest BCUT2D eigenvalue weighted by atomic mass is 9.87. The Morgan fingerprint density at radius 3 is 2.37 bits per heavy atom. The maximum absolute atomic E-state index is 14.3. The fraction of sp³-hybridized carbons (Fsp3) is 0.259. The van der Waals surface area contributed by atoms with Gasteiger partial charge in [-0.3, -0.25) is 9.59 Å². The molecule has 1 saturated heterocycles. The SMILES string of the molecule is COc1cccc([C@H]2CN(C(=O)c3ccccc3F)C[C@H]2C(=O)NCc2ccc(F)cc2)c1OC. The van der Waals surface area contributed by atoms with Crippen molar-refractivity contribution < 1.29 is 27.8 Å². The van der Waals surface area contributed by atoms with Gasteiger partial charge in [-0.2, -0.15) is 0 Å². The Morgan fingerprint density at radius 1 is 0.943 bits per heavy atom. The number of likely N-dealkylation sites (tertiary alicyclic amines) is 1. The molecule has 1 N–H and O–H groups in total. The number of halogens is 2. The third-order valence-electron chi connectivity index (χ3n) is 6.26. The van der Waals surface area contributed by atoms with Gasteiger partial charge in [-0.1, -0.05) is 36.4 Å². The minimum absolute atomic E-state index is 0.0452. The van der Waals surface area contributed by atoms with Crippen LogP contribution in [0.2, 0.25) is 0 Å². The fourth-order valence-electron chi connectivity index (χ4n) is 4.48. The van der Waals surface area contributed by atoms with Crippen molar-refractivity contribution in [1.29, 1.82) is 0 Å². The highest BCUT2D eigenvalue weighted by Crippen LogP contribution is 2.42. The Labute approximate surface area is 202 Å². The summed E-state index contributed by atoms with van der Waals surface area (Å²) in [5.74, 6) is -1.76. The number of hydrogen-bond acceptors (Lipinski definition) is 4. The van der Waals surface area contributed by atoms with Crippen LogP contribution in [-0.2, 0) is 11.3 Å². The number of amides is 2. The normalized spacial score (nSPS) is 17.2. The van der Waals surface area contributed by atoms with Crippen molar-refractivity contribution in [3.05, 3.63) is 95.1 Å². The Hall–Kier alpha value is -3.94. The Kier molecular flexibility index (Phi) is 7.29. The molecule has 2 atom stereocenters. The summed E-state index contributed by atoms with van der Waals surface area (Å²) in [6, 6.07) is 17.0. The van der Waals surface area contributed by atoms with Gasteiger partial charge < -0.3 is 19.7 Å². The summed E-state index contributed by atoms with van der Waals surface area (Å²) in [6.07, 6.45) is 0. The first-order chi connectivity index (χ1) is 16.9. The van der Waals surface area contributed by atoms with E-state index in [0.717, 1.165) is 11.1 Å². The highest BCUT2D eigenvalue weighted by Gasteiger charge is 2.42. The molecule has 0 radical (unpaired) electrons. The first-order valence-corrected chi connectivity index (χ1v) is 11.2. The van der Waals surface area contributed by atoms with Crippen LogP contribution in [0, 0.1) is 17.6 Å². The van der Waals surface area contributed by atoms with Crippen LogP contribution in [0.3, 0.4) is 0 Å². The van der Waals surface area contributed by atoms with E-state index in [1.54, 1.807) is 30.3 Å². The molecule has 182 valence electrons. The highest BCUT2D eigenvalue weighted by molar-refractivity contribution is 5.95. The fourth-order valence-corrected chi connectivity index (χ4v) is 4.48. The van der Waals surface area contributed by atoms with Crippen molar-refractivity contribution in [3.63, 3.8) is 0 Å².